The van der Waals surface area contributed by atoms with Crippen molar-refractivity contribution < 1.29 is 47.8 Å². The maximum absolute atomic E-state index is 12.2. The highest BCUT2D eigenvalue weighted by Crippen LogP contribution is 2.15. The van der Waals surface area contributed by atoms with Gasteiger partial charge < -0.3 is 19.0 Å². The second kappa shape index (κ2) is 11.8. The molecule has 0 aromatic heterocycles. The van der Waals surface area contributed by atoms with Crippen molar-refractivity contribution >= 4 is 35.7 Å². The first-order valence-corrected chi connectivity index (χ1v) is 9.22. The van der Waals surface area contributed by atoms with E-state index in [1.54, 1.807) is 6.92 Å². The molecule has 162 valence electrons. The number of imide groups is 1. The molecule has 0 aromatic carbocycles. The Bertz CT molecular complexity index is 641. The van der Waals surface area contributed by atoms with E-state index in [0.717, 1.165) is 0 Å². The van der Waals surface area contributed by atoms with Crippen molar-refractivity contribution in [3.63, 3.8) is 0 Å². The van der Waals surface area contributed by atoms with E-state index < -0.39 is 54.6 Å². The second-order valence-corrected chi connectivity index (χ2v) is 6.56. The van der Waals surface area contributed by atoms with Crippen LogP contribution in [0.5, 0.6) is 0 Å². The van der Waals surface area contributed by atoms with Crippen LogP contribution in [0.1, 0.15) is 52.9 Å². The van der Waals surface area contributed by atoms with Crippen LogP contribution in [0.15, 0.2) is 0 Å². The first kappa shape index (κ1) is 24.1. The van der Waals surface area contributed by atoms with E-state index in [1.807, 2.05) is 13.8 Å². The molecule has 1 heterocycles. The third kappa shape index (κ3) is 8.71. The van der Waals surface area contributed by atoms with Crippen molar-refractivity contribution in [3.8, 4) is 0 Å². The van der Waals surface area contributed by atoms with E-state index in [-0.39, 0.29) is 43.5 Å². The van der Waals surface area contributed by atoms with Gasteiger partial charge in [0.2, 0.25) is 6.10 Å². The Hall–Kier alpha value is -2.98. The number of carbonyl (C=O) groups excluding carboxylic acids is 6. The average molecular weight is 415 g/mol. The van der Waals surface area contributed by atoms with Gasteiger partial charge in [-0.1, -0.05) is 13.8 Å². The summed E-state index contributed by atoms with van der Waals surface area (Å²) >= 11 is 0. The molecule has 2 amide bonds. The summed E-state index contributed by atoms with van der Waals surface area (Å²) in [5, 5.41) is 0.275. The Morgan fingerprint density at radius 3 is 2.07 bits per heavy atom. The molecule has 0 N–H and O–H groups in total. The lowest BCUT2D eigenvalue weighted by molar-refractivity contribution is -0.206. The van der Waals surface area contributed by atoms with Crippen molar-refractivity contribution in [1.29, 1.82) is 0 Å². The molecule has 11 nitrogen and oxygen atoms in total. The van der Waals surface area contributed by atoms with E-state index in [2.05, 4.69) is 4.84 Å². The van der Waals surface area contributed by atoms with Crippen LogP contribution in [0.25, 0.3) is 0 Å². The van der Waals surface area contributed by atoms with Crippen molar-refractivity contribution in [2.24, 2.45) is 5.92 Å². The molecule has 0 radical (unpaired) electrons. The van der Waals surface area contributed by atoms with Crippen LogP contribution in [0.2, 0.25) is 0 Å². The number of carbonyl (C=O) groups is 6. The summed E-state index contributed by atoms with van der Waals surface area (Å²) in [4.78, 5) is 75.2. The largest absolute Gasteiger partial charge is 0.466 e. The summed E-state index contributed by atoms with van der Waals surface area (Å²) in [6.07, 6.45) is -3.33. The Morgan fingerprint density at radius 1 is 0.931 bits per heavy atom. The van der Waals surface area contributed by atoms with Gasteiger partial charge >= 0.3 is 23.9 Å². The maximum Gasteiger partial charge on any atom is 0.374 e. The van der Waals surface area contributed by atoms with E-state index in [4.69, 9.17) is 14.2 Å². The highest BCUT2D eigenvalue weighted by atomic mass is 16.7. The Balaban J connectivity index is 2.66. The van der Waals surface area contributed by atoms with Crippen molar-refractivity contribution in [1.82, 2.24) is 5.06 Å². The molecule has 0 saturated carbocycles. The molecule has 1 fully saturated rings. The quantitative estimate of drug-likeness (QED) is 0.265. The standard InChI is InChI=1S/C18H25NO10/c1-4-26-17(24)9-12(18(25)29-19-13(20)5-6-14(19)21)28-16(23)8-7-15(22)27-10-11(2)3/h11-12H,4-10H2,1-3H3/t12-/m0/s1. The van der Waals surface area contributed by atoms with Gasteiger partial charge in [0.15, 0.2) is 0 Å². The van der Waals surface area contributed by atoms with Gasteiger partial charge in [-0.15, -0.1) is 5.06 Å². The zero-order valence-corrected chi connectivity index (χ0v) is 16.6. The highest BCUT2D eigenvalue weighted by molar-refractivity contribution is 6.02. The summed E-state index contributed by atoms with van der Waals surface area (Å²) in [5.74, 6) is -5.03. The molecule has 0 aromatic rings. The molecular weight excluding hydrogens is 390 g/mol. The normalized spacial score (nSPS) is 14.6. The van der Waals surface area contributed by atoms with Crippen LogP contribution in [-0.4, -0.2) is 60.1 Å². The number of hydrogen-bond donors (Lipinski definition) is 0. The number of ether oxygens (including phenoxy) is 3. The van der Waals surface area contributed by atoms with Gasteiger partial charge in [0.05, 0.1) is 32.5 Å². The topological polar surface area (TPSA) is 143 Å². The minimum absolute atomic E-state index is 0.0271. The highest BCUT2D eigenvalue weighted by Gasteiger charge is 2.37. The van der Waals surface area contributed by atoms with Crippen molar-refractivity contribution in [2.75, 3.05) is 13.2 Å². The lowest BCUT2D eigenvalue weighted by Gasteiger charge is -2.19. The van der Waals surface area contributed by atoms with Gasteiger partial charge in [-0.05, 0) is 12.8 Å². The SMILES string of the molecule is CCOC(=O)C[C@H](OC(=O)CCC(=O)OCC(C)C)C(=O)ON1C(=O)CCC1=O. The third-order valence-electron chi connectivity index (χ3n) is 3.49. The van der Waals surface area contributed by atoms with Gasteiger partial charge in [-0.2, -0.15) is 0 Å². The van der Waals surface area contributed by atoms with Gasteiger partial charge in [0.25, 0.3) is 11.8 Å². The maximum atomic E-state index is 12.2. The first-order valence-electron chi connectivity index (χ1n) is 9.22. The minimum atomic E-state index is -1.74. The minimum Gasteiger partial charge on any atom is -0.466 e. The molecule has 1 aliphatic heterocycles. The first-order chi connectivity index (χ1) is 13.6. The molecule has 1 aliphatic rings. The van der Waals surface area contributed by atoms with Crippen LogP contribution in [0, 0.1) is 5.92 Å². The van der Waals surface area contributed by atoms with E-state index in [0.29, 0.717) is 0 Å². The Kier molecular flexibility index (Phi) is 9.76. The van der Waals surface area contributed by atoms with Crippen LogP contribution < -0.4 is 0 Å². The van der Waals surface area contributed by atoms with E-state index in [9.17, 15) is 28.8 Å². The predicted molar refractivity (Wildman–Crippen MR) is 93.3 cm³/mol. The summed E-state index contributed by atoms with van der Waals surface area (Å²) < 4.78 is 14.5. The van der Waals surface area contributed by atoms with Crippen LogP contribution in [-0.2, 0) is 47.8 Å². The van der Waals surface area contributed by atoms with Crippen molar-refractivity contribution in [3.05, 3.63) is 0 Å². The Labute approximate surface area is 167 Å². The second-order valence-electron chi connectivity index (χ2n) is 6.56. The summed E-state index contributed by atoms with van der Waals surface area (Å²) in [6.45, 7) is 5.47. The van der Waals surface area contributed by atoms with E-state index in [1.165, 1.54) is 0 Å². The number of esters is 3. The molecule has 1 atom stereocenters. The van der Waals surface area contributed by atoms with Crippen LogP contribution in [0.3, 0.4) is 0 Å². The van der Waals surface area contributed by atoms with E-state index >= 15 is 0 Å². The molecule has 0 unspecified atom stereocenters. The summed E-state index contributed by atoms with van der Waals surface area (Å²) in [6, 6.07) is 0. The van der Waals surface area contributed by atoms with Crippen LogP contribution >= 0.6 is 0 Å². The molecule has 1 saturated heterocycles. The smallest absolute Gasteiger partial charge is 0.374 e. The fourth-order valence-electron chi connectivity index (χ4n) is 2.10. The van der Waals surface area contributed by atoms with Crippen molar-refractivity contribution in [2.45, 2.75) is 59.0 Å². The number of hydrogen-bond acceptors (Lipinski definition) is 10. The van der Waals surface area contributed by atoms with Crippen LogP contribution in [0.4, 0.5) is 0 Å². The zero-order chi connectivity index (χ0) is 22.0. The summed E-state index contributed by atoms with van der Waals surface area (Å²) in [7, 11) is 0. The van der Waals surface area contributed by atoms with Gasteiger partial charge in [-0.3, -0.25) is 24.0 Å². The molecule has 1 rings (SSSR count). The number of hydroxylamine groups is 2. The number of nitrogens with zero attached hydrogens (tertiary/aromatic N) is 1. The third-order valence-corrected chi connectivity index (χ3v) is 3.49. The number of rotatable bonds is 11. The van der Waals surface area contributed by atoms with Gasteiger partial charge in [0.1, 0.15) is 0 Å². The molecule has 0 bridgehead atoms. The monoisotopic (exact) mass is 415 g/mol. The number of amides is 2. The van der Waals surface area contributed by atoms with Gasteiger partial charge in [-0.25, -0.2) is 4.79 Å². The zero-order valence-electron chi connectivity index (χ0n) is 16.6. The predicted octanol–water partition coefficient (Wildman–Crippen LogP) is 0.438. The molecular formula is C18H25NO10. The molecule has 0 spiro atoms. The lowest BCUT2D eigenvalue weighted by Crippen LogP contribution is -2.39. The van der Waals surface area contributed by atoms with Gasteiger partial charge in [0, 0.05) is 12.8 Å². The lowest BCUT2D eigenvalue weighted by atomic mass is 10.2. The molecule has 29 heavy (non-hydrogen) atoms. The Morgan fingerprint density at radius 2 is 1.52 bits per heavy atom. The molecule has 11 heteroatoms. The fraction of sp³-hybridized carbons (Fsp3) is 0.667. The average Bonchev–Trinajstić information content (AvgIpc) is 2.96. The fourth-order valence-corrected chi connectivity index (χ4v) is 2.10. The molecule has 0 aliphatic carbocycles. The summed E-state index contributed by atoms with van der Waals surface area (Å²) in [5.41, 5.74) is 0.